The summed E-state index contributed by atoms with van der Waals surface area (Å²) in [6.45, 7) is 13.6. The van der Waals surface area contributed by atoms with E-state index < -0.39 is 0 Å². The molecule has 0 atom stereocenters. The van der Waals surface area contributed by atoms with Crippen LogP contribution in [0, 0.1) is 0 Å². The van der Waals surface area contributed by atoms with Crippen LogP contribution in [0.25, 0.3) is 0 Å². The standard InChI is InChI=1S/C21H29N3O3.C11H15ClN2O2.C10H15NO/c1-5-17-19(20(25)27-7-3)18(6-2)24-21(23-17)22-13-9-11-15-10-8-12-16(14-15)26-4;1-4-7-9(10(15)16-6-3)8(5-2)14-11(12)13-7;1-12-10-6-2-4-9(8-10)5-3-7-11/h8,10,12,14H,5-7,9,11,13H2,1-4H3,(H,22,23,24);4-6H2,1-3H3;2,4,6,8H,3,5,7,11H2,1H3. The number of hydrogen-bond donors (Lipinski definition) is 2. The van der Waals surface area contributed by atoms with Gasteiger partial charge in [0, 0.05) is 6.54 Å². The Hall–Kier alpha value is -4.81. The number of aromatic nitrogens is 4. The molecule has 0 bridgehead atoms. The molecule has 0 spiro atoms. The number of carbonyl (C=O) groups excluding carboxylic acids is 2. The van der Waals surface area contributed by atoms with Gasteiger partial charge >= 0.3 is 11.9 Å². The van der Waals surface area contributed by atoms with Crippen LogP contribution in [0.4, 0.5) is 5.95 Å². The third-order valence-electron chi connectivity index (χ3n) is 8.25. The largest absolute Gasteiger partial charge is 0.497 e. The van der Waals surface area contributed by atoms with Gasteiger partial charge in [0.15, 0.2) is 0 Å². The first-order valence-electron chi connectivity index (χ1n) is 19.1. The Labute approximate surface area is 331 Å². The molecule has 0 aliphatic heterocycles. The molecule has 0 aliphatic rings. The zero-order chi connectivity index (χ0) is 40.6. The first-order valence-corrected chi connectivity index (χ1v) is 19.5. The highest BCUT2D eigenvalue weighted by molar-refractivity contribution is 6.28. The van der Waals surface area contributed by atoms with Gasteiger partial charge in [-0.1, -0.05) is 52.0 Å². The number of benzene rings is 2. The van der Waals surface area contributed by atoms with E-state index >= 15 is 0 Å². The molecular formula is C42H59ClN6O6. The lowest BCUT2D eigenvalue weighted by Crippen LogP contribution is -2.17. The first kappa shape index (κ1) is 46.3. The molecule has 0 saturated carbocycles. The van der Waals surface area contributed by atoms with E-state index in [-0.39, 0.29) is 17.2 Å². The van der Waals surface area contributed by atoms with Gasteiger partial charge < -0.3 is 30.0 Å². The Morgan fingerprint density at radius 2 is 1.07 bits per heavy atom. The van der Waals surface area contributed by atoms with Crippen molar-refractivity contribution in [2.45, 2.75) is 92.9 Å². The van der Waals surface area contributed by atoms with Crippen molar-refractivity contribution in [1.29, 1.82) is 0 Å². The van der Waals surface area contributed by atoms with E-state index in [1.54, 1.807) is 28.1 Å². The Bertz CT molecular complexity index is 1720. The number of nitrogens with two attached hydrogens (primary N) is 1. The Morgan fingerprint density at radius 3 is 1.45 bits per heavy atom. The normalized spacial score (nSPS) is 10.3. The lowest BCUT2D eigenvalue weighted by atomic mass is 10.1. The SMILES string of the molecule is CCOC(=O)c1c(CC)nc(Cl)nc1CC.CCOC(=O)c1c(CC)nc(NCCCc2cccc(OC)c2)nc1CC.COc1cccc(CCCN)c1. The minimum Gasteiger partial charge on any atom is -0.497 e. The molecule has 4 rings (SSSR count). The van der Waals surface area contributed by atoms with E-state index in [1.165, 1.54) is 11.1 Å². The molecule has 0 radical (unpaired) electrons. The number of halogens is 1. The molecule has 13 heteroatoms. The minimum atomic E-state index is -0.368. The third-order valence-corrected chi connectivity index (χ3v) is 8.42. The maximum Gasteiger partial charge on any atom is 0.341 e. The molecule has 0 saturated heterocycles. The van der Waals surface area contributed by atoms with Gasteiger partial charge in [0.25, 0.3) is 0 Å². The van der Waals surface area contributed by atoms with Crippen LogP contribution in [0.5, 0.6) is 11.5 Å². The van der Waals surface area contributed by atoms with Crippen LogP contribution in [-0.2, 0) is 48.0 Å². The van der Waals surface area contributed by atoms with Gasteiger partial charge in [0.05, 0.1) is 50.2 Å². The maximum atomic E-state index is 12.3. The number of methoxy groups -OCH3 is 2. The van der Waals surface area contributed by atoms with Gasteiger partial charge in [-0.25, -0.2) is 29.5 Å². The van der Waals surface area contributed by atoms with Gasteiger partial charge in [0.1, 0.15) is 22.6 Å². The summed E-state index contributed by atoms with van der Waals surface area (Å²) in [6, 6.07) is 16.2. The van der Waals surface area contributed by atoms with E-state index in [0.29, 0.717) is 67.4 Å². The van der Waals surface area contributed by atoms with E-state index in [4.69, 9.17) is 36.3 Å². The second-order valence-electron chi connectivity index (χ2n) is 12.1. The summed E-state index contributed by atoms with van der Waals surface area (Å²) in [5.74, 6) is 1.66. The minimum absolute atomic E-state index is 0.182. The molecule has 0 amide bonds. The number of rotatable bonds is 18. The summed E-state index contributed by atoms with van der Waals surface area (Å²) in [6.07, 6.45) is 6.52. The van der Waals surface area contributed by atoms with Gasteiger partial charge in [-0.05, 0) is 119 Å². The van der Waals surface area contributed by atoms with Gasteiger partial charge in [-0.2, -0.15) is 0 Å². The van der Waals surface area contributed by atoms with Crippen LogP contribution < -0.4 is 20.5 Å². The number of anilines is 1. The van der Waals surface area contributed by atoms with Gasteiger partial charge in [-0.15, -0.1) is 0 Å². The second-order valence-corrected chi connectivity index (χ2v) is 12.4. The van der Waals surface area contributed by atoms with Crippen LogP contribution in [-0.4, -0.2) is 72.4 Å². The van der Waals surface area contributed by atoms with Crippen molar-refractivity contribution in [1.82, 2.24) is 19.9 Å². The lowest BCUT2D eigenvalue weighted by Gasteiger charge is -2.13. The molecule has 0 fully saturated rings. The average molecular weight is 779 g/mol. The fourth-order valence-electron chi connectivity index (χ4n) is 5.52. The molecule has 300 valence electrons. The number of hydrogen-bond acceptors (Lipinski definition) is 12. The number of esters is 2. The zero-order valence-electron chi connectivity index (χ0n) is 33.8. The Kier molecular flexibility index (Phi) is 22.0. The van der Waals surface area contributed by atoms with Gasteiger partial charge in [0.2, 0.25) is 11.2 Å². The molecule has 2 aromatic carbocycles. The fraction of sp³-hybridized carbons (Fsp3) is 0.476. The highest BCUT2D eigenvalue weighted by Gasteiger charge is 2.21. The summed E-state index contributed by atoms with van der Waals surface area (Å²) < 4.78 is 20.5. The van der Waals surface area contributed by atoms with Crippen LogP contribution in [0.3, 0.4) is 0 Å². The molecule has 2 aromatic heterocycles. The predicted molar refractivity (Wildman–Crippen MR) is 219 cm³/mol. The van der Waals surface area contributed by atoms with Crippen LogP contribution in [0.2, 0.25) is 5.28 Å². The summed E-state index contributed by atoms with van der Waals surface area (Å²) in [4.78, 5) is 41.2. The zero-order valence-corrected chi connectivity index (χ0v) is 34.6. The lowest BCUT2D eigenvalue weighted by molar-refractivity contribution is 0.0512. The molecule has 4 aromatic rings. The van der Waals surface area contributed by atoms with E-state index in [0.717, 1.165) is 61.7 Å². The molecule has 12 nitrogen and oxygen atoms in total. The smallest absolute Gasteiger partial charge is 0.341 e. The summed E-state index contributed by atoms with van der Waals surface area (Å²) in [7, 11) is 3.36. The topological polar surface area (TPSA) is 161 Å². The number of aryl methyl sites for hydroxylation is 6. The van der Waals surface area contributed by atoms with Crippen molar-refractivity contribution in [3.63, 3.8) is 0 Å². The molecule has 0 aliphatic carbocycles. The highest BCUT2D eigenvalue weighted by Crippen LogP contribution is 2.19. The van der Waals surface area contributed by atoms with Crippen LogP contribution in [0.1, 0.15) is 109 Å². The third kappa shape index (κ3) is 15.5. The van der Waals surface area contributed by atoms with E-state index in [9.17, 15) is 9.59 Å². The quantitative estimate of drug-likeness (QED) is 0.0573. The maximum absolute atomic E-state index is 12.3. The molecule has 0 unspecified atom stereocenters. The number of nitrogens with zero attached hydrogens (tertiary/aromatic N) is 4. The van der Waals surface area contributed by atoms with Crippen molar-refractivity contribution in [3.8, 4) is 11.5 Å². The predicted octanol–water partition coefficient (Wildman–Crippen LogP) is 7.85. The van der Waals surface area contributed by atoms with Gasteiger partial charge in [-0.3, -0.25) is 0 Å². The second kappa shape index (κ2) is 26.1. The average Bonchev–Trinajstić information content (AvgIpc) is 3.21. The summed E-state index contributed by atoms with van der Waals surface area (Å²) in [5.41, 5.74) is 11.7. The highest BCUT2D eigenvalue weighted by atomic mass is 35.5. The van der Waals surface area contributed by atoms with E-state index in [1.807, 2.05) is 52.0 Å². The van der Waals surface area contributed by atoms with Crippen molar-refractivity contribution >= 4 is 29.5 Å². The van der Waals surface area contributed by atoms with Crippen molar-refractivity contribution in [2.75, 3.05) is 45.8 Å². The van der Waals surface area contributed by atoms with Crippen LogP contribution >= 0.6 is 11.6 Å². The Balaban J connectivity index is 0.000000315. The molecule has 55 heavy (non-hydrogen) atoms. The van der Waals surface area contributed by atoms with Crippen molar-refractivity contribution in [2.24, 2.45) is 5.73 Å². The van der Waals surface area contributed by atoms with Crippen molar-refractivity contribution in [3.05, 3.63) is 98.8 Å². The molecule has 2 heterocycles. The molecule has 3 N–H and O–H groups in total. The Morgan fingerprint density at radius 1 is 0.655 bits per heavy atom. The van der Waals surface area contributed by atoms with Crippen molar-refractivity contribution < 1.29 is 28.5 Å². The summed E-state index contributed by atoms with van der Waals surface area (Å²) >= 11 is 5.79. The molecular weight excluding hydrogens is 720 g/mol. The first-order chi connectivity index (χ1) is 26.6. The number of ether oxygens (including phenoxy) is 4. The summed E-state index contributed by atoms with van der Waals surface area (Å²) in [5, 5.41) is 3.47. The van der Waals surface area contributed by atoms with Crippen LogP contribution in [0.15, 0.2) is 48.5 Å². The number of nitrogens with one attached hydrogen (secondary N) is 1. The monoisotopic (exact) mass is 778 g/mol. The number of carbonyl (C=O) groups is 2. The van der Waals surface area contributed by atoms with E-state index in [2.05, 4.69) is 49.5 Å². The fourth-order valence-corrected chi connectivity index (χ4v) is 5.72.